The van der Waals surface area contributed by atoms with Crippen LogP contribution >= 0.6 is 0 Å². The van der Waals surface area contributed by atoms with Crippen molar-refractivity contribution in [2.24, 2.45) is 0 Å². The molecule has 0 atom stereocenters. The van der Waals surface area contributed by atoms with E-state index >= 15 is 0 Å². The molecule has 3 heterocycles. The predicted octanol–water partition coefficient (Wildman–Crippen LogP) is 20.9. The van der Waals surface area contributed by atoms with Crippen molar-refractivity contribution in [3.8, 4) is 118 Å². The molecule has 13 aromatic carbocycles. The molecule has 0 spiro atoms. The lowest BCUT2D eigenvalue weighted by atomic mass is 9.94. The summed E-state index contributed by atoms with van der Waals surface area (Å²) in [6.45, 7) is 0. The zero-order valence-electron chi connectivity index (χ0n) is 47.7. The molecule has 0 aliphatic heterocycles. The molecule has 6 heteroatoms. The minimum absolute atomic E-state index is 0.552. The van der Waals surface area contributed by atoms with Gasteiger partial charge in [0.15, 0.2) is 17.5 Å². The topological polar surface area (TPSA) is 72.3 Å². The number of fused-ring (bicyclic) bond motifs is 6. The summed E-state index contributed by atoms with van der Waals surface area (Å²) >= 11 is 0. The monoisotopic (exact) mass is 1120 g/mol. The summed E-state index contributed by atoms with van der Waals surface area (Å²) < 4.78 is 4.84. The summed E-state index contributed by atoms with van der Waals surface area (Å²) in [5, 5.41) is 15.1. The lowest BCUT2D eigenvalue weighted by molar-refractivity contribution is 1.07. The Hall–Kier alpha value is -12.0. The van der Waals surface area contributed by atoms with Crippen molar-refractivity contribution in [2.75, 3.05) is 0 Å². The van der Waals surface area contributed by atoms with E-state index in [-0.39, 0.29) is 0 Å². The molecular weight excluding hydrogens is 1070 g/mol. The summed E-state index contributed by atoms with van der Waals surface area (Å²) in [5.41, 5.74) is 22.4. The molecule has 0 fully saturated rings. The van der Waals surface area contributed by atoms with Gasteiger partial charge in [-0.3, -0.25) is 0 Å². The number of aromatic nitrogens is 5. The maximum Gasteiger partial charge on any atom is 0.164 e. The molecule has 0 aliphatic rings. The van der Waals surface area contributed by atoms with Gasteiger partial charge in [0.05, 0.1) is 45.1 Å². The van der Waals surface area contributed by atoms with Crippen LogP contribution in [0.15, 0.2) is 315 Å². The summed E-state index contributed by atoms with van der Waals surface area (Å²) in [6.07, 6.45) is 0. The Balaban J connectivity index is 0.975. The quantitative estimate of drug-likeness (QED) is 0.129. The minimum atomic E-state index is 0.552. The Morgan fingerprint density at radius 3 is 0.864 bits per heavy atom. The second-order valence-electron chi connectivity index (χ2n) is 22.3. The van der Waals surface area contributed by atoms with E-state index in [2.05, 4.69) is 252 Å². The molecular formula is C82H52N6. The number of nitriles is 1. The van der Waals surface area contributed by atoms with Crippen LogP contribution in [0.1, 0.15) is 5.56 Å². The van der Waals surface area contributed by atoms with Crippen molar-refractivity contribution in [3.63, 3.8) is 0 Å². The summed E-state index contributed by atoms with van der Waals surface area (Å²) in [4.78, 5) is 15.7. The van der Waals surface area contributed by atoms with Gasteiger partial charge in [-0.25, -0.2) is 15.0 Å². The largest absolute Gasteiger partial charge is 0.309 e. The zero-order valence-corrected chi connectivity index (χ0v) is 47.7. The molecule has 0 unspecified atom stereocenters. The molecule has 3 aromatic heterocycles. The van der Waals surface area contributed by atoms with Gasteiger partial charge in [-0.2, -0.15) is 5.26 Å². The van der Waals surface area contributed by atoms with E-state index in [0.717, 1.165) is 138 Å². The number of nitrogens with zero attached hydrogens (tertiary/aromatic N) is 6. The van der Waals surface area contributed by atoms with E-state index in [1.807, 2.05) is 78.9 Å². The van der Waals surface area contributed by atoms with Crippen LogP contribution in [0.4, 0.5) is 0 Å². The maximum absolute atomic E-state index is 10.5. The van der Waals surface area contributed by atoms with E-state index in [1.165, 1.54) is 0 Å². The van der Waals surface area contributed by atoms with Crippen molar-refractivity contribution >= 4 is 43.6 Å². The summed E-state index contributed by atoms with van der Waals surface area (Å²) in [7, 11) is 0. The Morgan fingerprint density at radius 1 is 0.227 bits per heavy atom. The van der Waals surface area contributed by atoms with Crippen molar-refractivity contribution in [2.45, 2.75) is 0 Å². The van der Waals surface area contributed by atoms with E-state index in [1.54, 1.807) is 0 Å². The molecule has 16 rings (SSSR count). The maximum atomic E-state index is 10.5. The SMILES string of the molecule is N#Cc1cccc(-c2cc(-c3cc(-c4nc(-c5ccccc5)nc(-c5ccccc5)n4)ccc3-n3c4ccc(-c5ccccc5)cc4c4cc(-c5ccccc5)ccc43)ccc2-n2c3ccc(-c4ccccc4)cc3c3cc(-c4ccccc4)ccc32)c1. The van der Waals surface area contributed by atoms with Crippen LogP contribution in [0.5, 0.6) is 0 Å². The lowest BCUT2D eigenvalue weighted by Gasteiger charge is -2.19. The number of rotatable bonds is 11. The highest BCUT2D eigenvalue weighted by molar-refractivity contribution is 6.14. The molecule has 410 valence electrons. The van der Waals surface area contributed by atoms with Crippen LogP contribution < -0.4 is 0 Å². The van der Waals surface area contributed by atoms with Gasteiger partial charge in [0.2, 0.25) is 0 Å². The first-order valence-corrected chi connectivity index (χ1v) is 29.6. The van der Waals surface area contributed by atoms with Gasteiger partial charge in [0, 0.05) is 49.4 Å². The third kappa shape index (κ3) is 9.28. The molecule has 16 aromatic rings. The van der Waals surface area contributed by atoms with Crippen LogP contribution in [0.25, 0.3) is 156 Å². The molecule has 0 aliphatic carbocycles. The van der Waals surface area contributed by atoms with Crippen LogP contribution in [-0.4, -0.2) is 24.1 Å². The number of benzene rings is 13. The first kappa shape index (κ1) is 51.6. The van der Waals surface area contributed by atoms with E-state index in [4.69, 9.17) is 15.0 Å². The van der Waals surface area contributed by atoms with Gasteiger partial charge < -0.3 is 9.13 Å². The highest BCUT2D eigenvalue weighted by atomic mass is 15.0. The molecule has 0 saturated heterocycles. The highest BCUT2D eigenvalue weighted by Gasteiger charge is 2.24. The third-order valence-electron chi connectivity index (χ3n) is 17.0. The van der Waals surface area contributed by atoms with Crippen LogP contribution in [0, 0.1) is 11.3 Å². The van der Waals surface area contributed by atoms with Crippen molar-refractivity contribution in [1.82, 2.24) is 24.1 Å². The van der Waals surface area contributed by atoms with Crippen molar-refractivity contribution < 1.29 is 0 Å². The van der Waals surface area contributed by atoms with Crippen LogP contribution in [-0.2, 0) is 0 Å². The molecule has 0 radical (unpaired) electrons. The Labute approximate surface area is 509 Å². The second-order valence-corrected chi connectivity index (χ2v) is 22.3. The fourth-order valence-electron chi connectivity index (χ4n) is 12.7. The van der Waals surface area contributed by atoms with E-state index in [0.29, 0.717) is 23.0 Å². The molecule has 6 nitrogen and oxygen atoms in total. The molecule has 0 N–H and O–H groups in total. The Kier molecular flexibility index (Phi) is 12.8. The molecule has 0 bridgehead atoms. The zero-order chi connectivity index (χ0) is 58.5. The van der Waals surface area contributed by atoms with Gasteiger partial charge in [0.25, 0.3) is 0 Å². The fourth-order valence-corrected chi connectivity index (χ4v) is 12.7. The Morgan fingerprint density at radius 2 is 0.511 bits per heavy atom. The average Bonchev–Trinajstić information content (AvgIpc) is 1.71. The fraction of sp³-hybridized carbons (Fsp3) is 0. The van der Waals surface area contributed by atoms with Crippen molar-refractivity contribution in [1.29, 1.82) is 5.26 Å². The smallest absolute Gasteiger partial charge is 0.164 e. The van der Waals surface area contributed by atoms with Gasteiger partial charge in [-0.1, -0.05) is 224 Å². The third-order valence-corrected chi connectivity index (χ3v) is 17.0. The molecule has 0 saturated carbocycles. The van der Waals surface area contributed by atoms with Gasteiger partial charge in [-0.05, 0) is 147 Å². The Bertz CT molecular complexity index is 5110. The standard InChI is InChI=1S/C82H52N6/c83-53-54-20-19-33-65(46-54)68-51-66(38-44-74(68)87-76-40-34-61(55-21-7-1-8-22-55)47-70(76)71-48-62(35-41-77(71)87)56-23-9-2-10-24-56)69-52-67(82-85-80(59-29-15-5-16-30-59)84-81(86-82)60-31-17-6-18-32-60)39-45-75(69)88-78-42-36-63(57-25-11-3-12-26-57)49-72(78)73-50-64(37-43-79(73)88)58-27-13-4-14-28-58/h1-52H. The highest BCUT2D eigenvalue weighted by Crippen LogP contribution is 2.45. The van der Waals surface area contributed by atoms with Gasteiger partial charge in [-0.15, -0.1) is 0 Å². The molecule has 0 amide bonds. The van der Waals surface area contributed by atoms with Crippen LogP contribution in [0.2, 0.25) is 0 Å². The predicted molar refractivity (Wildman–Crippen MR) is 362 cm³/mol. The first-order valence-electron chi connectivity index (χ1n) is 29.6. The van der Waals surface area contributed by atoms with Gasteiger partial charge >= 0.3 is 0 Å². The van der Waals surface area contributed by atoms with E-state index in [9.17, 15) is 5.26 Å². The number of hydrogen-bond acceptors (Lipinski definition) is 4. The summed E-state index contributed by atoms with van der Waals surface area (Å²) in [6, 6.07) is 114. The van der Waals surface area contributed by atoms with Crippen LogP contribution in [0.3, 0.4) is 0 Å². The minimum Gasteiger partial charge on any atom is -0.309 e. The van der Waals surface area contributed by atoms with Gasteiger partial charge in [0.1, 0.15) is 0 Å². The summed E-state index contributed by atoms with van der Waals surface area (Å²) in [5.74, 6) is 1.72. The second kappa shape index (κ2) is 21.9. The molecule has 88 heavy (non-hydrogen) atoms. The first-order chi connectivity index (χ1) is 43.6. The average molecular weight is 1120 g/mol. The lowest BCUT2D eigenvalue weighted by Crippen LogP contribution is -2.02. The van der Waals surface area contributed by atoms with Crippen molar-refractivity contribution in [3.05, 3.63) is 321 Å². The van der Waals surface area contributed by atoms with E-state index < -0.39 is 0 Å². The number of hydrogen-bond donors (Lipinski definition) is 0. The normalized spacial score (nSPS) is 11.4.